The van der Waals surface area contributed by atoms with Crippen LogP contribution in [0.4, 0.5) is 5.69 Å². The van der Waals surface area contributed by atoms with Crippen molar-refractivity contribution in [2.45, 2.75) is 33.7 Å². The lowest BCUT2D eigenvalue weighted by Crippen LogP contribution is -2.14. The fourth-order valence-electron chi connectivity index (χ4n) is 3.25. The maximum absolute atomic E-state index is 12.5. The van der Waals surface area contributed by atoms with Gasteiger partial charge in [0.1, 0.15) is 17.4 Å². The summed E-state index contributed by atoms with van der Waals surface area (Å²) in [6.45, 7) is 9.12. The van der Waals surface area contributed by atoms with Gasteiger partial charge >= 0.3 is 0 Å². The summed E-state index contributed by atoms with van der Waals surface area (Å²) < 4.78 is 12.8. The molecule has 1 heterocycles. The molecule has 6 nitrogen and oxygen atoms in total. The molecule has 28 heavy (non-hydrogen) atoms. The highest BCUT2D eigenvalue weighted by Crippen LogP contribution is 2.23. The third kappa shape index (κ3) is 5.02. The number of aromatic nitrogens is 1. The van der Waals surface area contributed by atoms with Crippen molar-refractivity contribution in [1.29, 1.82) is 5.26 Å². The zero-order chi connectivity index (χ0) is 20.7. The van der Waals surface area contributed by atoms with E-state index < -0.39 is 5.91 Å². The van der Waals surface area contributed by atoms with Gasteiger partial charge in [0.2, 0.25) is 0 Å². The normalized spacial score (nSPS) is 12.4. The van der Waals surface area contributed by atoms with Crippen LogP contribution < -0.4 is 10.1 Å². The minimum Gasteiger partial charge on any atom is -0.494 e. The Hall–Kier alpha value is -3.04. The van der Waals surface area contributed by atoms with Crippen LogP contribution in [-0.2, 0) is 9.53 Å². The molecule has 0 aliphatic carbocycles. The van der Waals surface area contributed by atoms with Crippen LogP contribution in [0.2, 0.25) is 0 Å². The van der Waals surface area contributed by atoms with Gasteiger partial charge in [-0.25, -0.2) is 0 Å². The molecule has 2 rings (SSSR count). The molecular formula is C22H27N3O3. The number of nitriles is 1. The number of methoxy groups -OCH3 is 1. The number of nitrogens with zero attached hydrogens (tertiary/aromatic N) is 2. The van der Waals surface area contributed by atoms with Gasteiger partial charge < -0.3 is 19.4 Å². The molecule has 148 valence electrons. The van der Waals surface area contributed by atoms with Gasteiger partial charge in [0, 0.05) is 24.2 Å². The Morgan fingerprint density at radius 2 is 2.00 bits per heavy atom. The maximum atomic E-state index is 12.5. The molecule has 2 aromatic rings. The van der Waals surface area contributed by atoms with E-state index in [1.54, 1.807) is 37.5 Å². The van der Waals surface area contributed by atoms with Gasteiger partial charge in [-0.15, -0.1) is 0 Å². The Morgan fingerprint density at radius 3 is 2.57 bits per heavy atom. The van der Waals surface area contributed by atoms with Crippen LogP contribution in [0.5, 0.6) is 5.75 Å². The Morgan fingerprint density at radius 1 is 1.32 bits per heavy atom. The highest BCUT2D eigenvalue weighted by Gasteiger charge is 2.16. The average molecular weight is 381 g/mol. The number of hydrogen-bond donors (Lipinski definition) is 1. The lowest BCUT2D eigenvalue weighted by atomic mass is 10.1. The summed E-state index contributed by atoms with van der Waals surface area (Å²) in [5.74, 6) is 0.288. The van der Waals surface area contributed by atoms with Crippen molar-refractivity contribution in [3.05, 3.63) is 52.9 Å². The van der Waals surface area contributed by atoms with E-state index >= 15 is 0 Å². The smallest absolute Gasteiger partial charge is 0.266 e. The molecule has 1 N–H and O–H groups in total. The molecule has 0 saturated carbocycles. The number of rotatable bonds is 8. The van der Waals surface area contributed by atoms with E-state index in [-0.39, 0.29) is 11.6 Å². The zero-order valence-corrected chi connectivity index (χ0v) is 17.1. The standard InChI is InChI=1S/C22H27N3O3/c1-6-28-21-9-7-20(8-10-21)24-22(26)19(13-23)12-18-11-15(2)25(17(18)4)16(3)14-27-5/h7-12,16H,6,14H2,1-5H3,(H,24,26)/b19-12+. The van der Waals surface area contributed by atoms with E-state index in [2.05, 4.69) is 16.8 Å². The molecule has 1 atom stereocenters. The van der Waals surface area contributed by atoms with Crippen molar-refractivity contribution in [2.24, 2.45) is 0 Å². The minimum atomic E-state index is -0.443. The van der Waals surface area contributed by atoms with Crippen molar-refractivity contribution < 1.29 is 14.3 Å². The molecule has 1 aromatic heterocycles. The monoisotopic (exact) mass is 381 g/mol. The second-order valence-corrected chi connectivity index (χ2v) is 6.58. The zero-order valence-electron chi connectivity index (χ0n) is 17.1. The quantitative estimate of drug-likeness (QED) is 0.548. The summed E-state index contributed by atoms with van der Waals surface area (Å²) in [5.41, 5.74) is 3.54. The third-order valence-corrected chi connectivity index (χ3v) is 4.46. The van der Waals surface area contributed by atoms with Crippen LogP contribution in [0.25, 0.3) is 6.08 Å². The summed E-state index contributed by atoms with van der Waals surface area (Å²) in [5, 5.41) is 12.2. The summed E-state index contributed by atoms with van der Waals surface area (Å²) in [4.78, 5) is 12.5. The maximum Gasteiger partial charge on any atom is 0.266 e. The molecule has 0 aliphatic rings. The number of nitrogens with one attached hydrogen (secondary N) is 1. The van der Waals surface area contributed by atoms with E-state index in [0.717, 1.165) is 22.7 Å². The van der Waals surface area contributed by atoms with E-state index in [9.17, 15) is 10.1 Å². The predicted octanol–water partition coefficient (Wildman–Crippen LogP) is 4.26. The average Bonchev–Trinajstić information content (AvgIpc) is 2.95. The van der Waals surface area contributed by atoms with Crippen LogP contribution >= 0.6 is 0 Å². The number of anilines is 1. The van der Waals surface area contributed by atoms with Crippen LogP contribution in [0.3, 0.4) is 0 Å². The van der Waals surface area contributed by atoms with Gasteiger partial charge in [0.05, 0.1) is 19.3 Å². The first-order chi connectivity index (χ1) is 13.4. The van der Waals surface area contributed by atoms with E-state index in [0.29, 0.717) is 18.9 Å². The van der Waals surface area contributed by atoms with Crippen molar-refractivity contribution >= 4 is 17.7 Å². The van der Waals surface area contributed by atoms with Crippen molar-refractivity contribution in [3.63, 3.8) is 0 Å². The summed E-state index contributed by atoms with van der Waals surface area (Å²) >= 11 is 0. The van der Waals surface area contributed by atoms with E-state index in [1.165, 1.54) is 0 Å². The molecule has 0 bridgehead atoms. The topological polar surface area (TPSA) is 76.3 Å². The molecule has 1 aromatic carbocycles. The lowest BCUT2D eigenvalue weighted by Gasteiger charge is -2.17. The molecule has 0 spiro atoms. The lowest BCUT2D eigenvalue weighted by molar-refractivity contribution is -0.112. The van der Waals surface area contributed by atoms with Gasteiger partial charge in [0.15, 0.2) is 0 Å². The molecule has 0 radical (unpaired) electrons. The van der Waals surface area contributed by atoms with E-state index in [4.69, 9.17) is 9.47 Å². The molecule has 0 saturated heterocycles. The van der Waals surface area contributed by atoms with E-state index in [1.807, 2.05) is 32.9 Å². The van der Waals surface area contributed by atoms with Gasteiger partial charge in [-0.2, -0.15) is 5.26 Å². The largest absolute Gasteiger partial charge is 0.494 e. The first kappa shape index (κ1) is 21.3. The van der Waals surface area contributed by atoms with Crippen molar-refractivity contribution in [3.8, 4) is 11.8 Å². The second-order valence-electron chi connectivity index (χ2n) is 6.58. The molecule has 0 fully saturated rings. The highest BCUT2D eigenvalue weighted by atomic mass is 16.5. The van der Waals surface area contributed by atoms with Gasteiger partial charge in [0.25, 0.3) is 5.91 Å². The number of amides is 1. The Bertz CT molecular complexity index is 889. The first-order valence-electron chi connectivity index (χ1n) is 9.24. The Labute approximate surface area is 166 Å². The third-order valence-electron chi connectivity index (χ3n) is 4.46. The number of ether oxygens (including phenoxy) is 2. The van der Waals surface area contributed by atoms with Gasteiger partial charge in [-0.3, -0.25) is 4.79 Å². The van der Waals surface area contributed by atoms with Gasteiger partial charge in [-0.05, 0) is 69.7 Å². The molecule has 6 heteroatoms. The Balaban J connectivity index is 2.22. The number of hydrogen-bond acceptors (Lipinski definition) is 4. The predicted molar refractivity (Wildman–Crippen MR) is 110 cm³/mol. The fraction of sp³-hybridized carbons (Fsp3) is 0.364. The first-order valence-corrected chi connectivity index (χ1v) is 9.24. The molecular weight excluding hydrogens is 354 g/mol. The minimum absolute atomic E-state index is 0.0496. The molecule has 1 amide bonds. The summed E-state index contributed by atoms with van der Waals surface area (Å²) in [6.07, 6.45) is 1.63. The SMILES string of the molecule is CCOc1ccc(NC(=O)/C(C#N)=C/c2cc(C)n(C(C)COC)c2C)cc1. The highest BCUT2D eigenvalue weighted by molar-refractivity contribution is 6.09. The second kappa shape index (κ2) is 9.77. The van der Waals surface area contributed by atoms with Crippen LogP contribution in [0.1, 0.15) is 36.8 Å². The van der Waals surface area contributed by atoms with Crippen LogP contribution in [-0.4, -0.2) is 30.8 Å². The number of benzene rings is 1. The van der Waals surface area contributed by atoms with Crippen molar-refractivity contribution in [1.82, 2.24) is 4.57 Å². The number of carbonyl (C=O) groups excluding carboxylic acids is 1. The van der Waals surface area contributed by atoms with Gasteiger partial charge in [-0.1, -0.05) is 0 Å². The van der Waals surface area contributed by atoms with Crippen LogP contribution in [0.15, 0.2) is 35.9 Å². The van der Waals surface area contributed by atoms with Crippen LogP contribution in [0, 0.1) is 25.2 Å². The number of carbonyl (C=O) groups is 1. The Kier molecular flexibility index (Phi) is 7.42. The molecule has 1 unspecified atom stereocenters. The summed E-state index contributed by atoms with van der Waals surface area (Å²) in [6, 6.07) is 11.2. The summed E-state index contributed by atoms with van der Waals surface area (Å²) in [7, 11) is 1.67. The number of aryl methyl sites for hydroxylation is 1. The fourth-order valence-corrected chi connectivity index (χ4v) is 3.25. The molecule has 0 aliphatic heterocycles. The van der Waals surface area contributed by atoms with Crippen molar-refractivity contribution in [2.75, 3.05) is 25.6 Å².